The zero-order valence-electron chi connectivity index (χ0n) is 19.7. The third-order valence-corrected chi connectivity index (χ3v) is 10.7. The molecule has 1 nitrogen and oxygen atoms in total. The number of carbonyl (C=O) groups is 1. The van der Waals surface area contributed by atoms with Crippen LogP contribution in [0, 0.1) is 0 Å². The van der Waals surface area contributed by atoms with E-state index in [4.69, 9.17) is 0 Å². The van der Waals surface area contributed by atoms with Gasteiger partial charge in [0.2, 0.25) is 0 Å². The highest BCUT2D eigenvalue weighted by Crippen LogP contribution is 2.47. The Morgan fingerprint density at radius 2 is 1.00 bits per heavy atom. The van der Waals surface area contributed by atoms with E-state index in [0.717, 1.165) is 37.4 Å². The minimum atomic E-state index is -2.24. The maximum absolute atomic E-state index is 14.0. The van der Waals surface area contributed by atoms with Gasteiger partial charge in [0.15, 0.2) is 5.78 Å². The van der Waals surface area contributed by atoms with E-state index >= 15 is 0 Å². The molecule has 32 heavy (non-hydrogen) atoms. The Labute approximate surface area is 194 Å². The Kier molecular flexibility index (Phi) is 9.57. The Morgan fingerprint density at radius 3 is 1.41 bits per heavy atom. The number of rotatable bonds is 12. The van der Waals surface area contributed by atoms with E-state index in [1.807, 2.05) is 0 Å². The summed E-state index contributed by atoms with van der Waals surface area (Å²) >= 11 is 0. The summed E-state index contributed by atoms with van der Waals surface area (Å²) in [6.45, 7) is 2.20. The normalized spacial score (nSPS) is 11.3. The molecule has 0 atom stereocenters. The number of ketones is 1. The monoisotopic (exact) mass is 444 g/mol. The highest BCUT2D eigenvalue weighted by Gasteiger charge is 2.32. The van der Waals surface area contributed by atoms with Crippen LogP contribution in [-0.2, 0) is 4.79 Å². The molecule has 2 heteroatoms. The molecular formula is C30H37OP. The van der Waals surface area contributed by atoms with E-state index < -0.39 is 6.89 Å². The van der Waals surface area contributed by atoms with Crippen LogP contribution >= 0.6 is 6.89 Å². The van der Waals surface area contributed by atoms with Gasteiger partial charge in [-0.25, -0.2) is 0 Å². The van der Waals surface area contributed by atoms with Crippen LogP contribution in [0.3, 0.4) is 0 Å². The summed E-state index contributed by atoms with van der Waals surface area (Å²) in [7, 11) is 0. The maximum Gasteiger partial charge on any atom is 0.159 e. The van der Waals surface area contributed by atoms with Gasteiger partial charge in [-0.1, -0.05) is 131 Å². The van der Waals surface area contributed by atoms with Gasteiger partial charge < -0.3 is 0 Å². The minimum absolute atomic E-state index is 0.374. The standard InChI is InChI=1S/C30H37OP/c1-3-5-7-17-24-29(31)30(25-6-4-2)32(26-18-11-8-12-19-26,27-20-13-9-14-21-27)28-22-15-10-16-23-28/h8-16,18-23H,3-7,17,24-25H2,1-2H3. The lowest BCUT2D eigenvalue weighted by molar-refractivity contribution is -0.113. The van der Waals surface area contributed by atoms with Crippen LogP contribution in [0.15, 0.2) is 91.0 Å². The molecule has 0 amide bonds. The molecule has 0 heterocycles. The van der Waals surface area contributed by atoms with E-state index in [2.05, 4.69) is 105 Å². The second-order valence-electron chi connectivity index (χ2n) is 8.46. The number of carbonyl (C=O) groups excluding carboxylic acids is 1. The average molecular weight is 445 g/mol. The number of unbranched alkanes of at least 4 members (excludes halogenated alkanes) is 4. The lowest BCUT2D eigenvalue weighted by atomic mass is 10.1. The third-order valence-electron chi connectivity index (χ3n) is 6.18. The molecule has 0 unspecified atom stereocenters. The van der Waals surface area contributed by atoms with E-state index in [-0.39, 0.29) is 0 Å². The molecule has 0 N–H and O–H groups in total. The van der Waals surface area contributed by atoms with Crippen LogP contribution in [0.1, 0.15) is 65.2 Å². The predicted octanol–water partition coefficient (Wildman–Crippen LogP) is 6.88. The summed E-state index contributed by atoms with van der Waals surface area (Å²) in [5, 5.41) is 5.00. The molecule has 3 aromatic rings. The molecule has 0 radical (unpaired) electrons. The summed E-state index contributed by atoms with van der Waals surface area (Å²) in [4.78, 5) is 14.0. The fraction of sp³-hybridized carbons (Fsp3) is 0.333. The summed E-state index contributed by atoms with van der Waals surface area (Å²) < 4.78 is 0. The van der Waals surface area contributed by atoms with Gasteiger partial charge in [0.05, 0.1) is 0 Å². The molecule has 0 saturated heterocycles. The van der Waals surface area contributed by atoms with Gasteiger partial charge in [0.1, 0.15) is 0 Å². The second-order valence-corrected chi connectivity index (χ2v) is 11.9. The van der Waals surface area contributed by atoms with Crippen molar-refractivity contribution in [3.05, 3.63) is 91.0 Å². The Hall–Kier alpha value is -2.37. The van der Waals surface area contributed by atoms with Crippen molar-refractivity contribution in [3.8, 4) is 0 Å². The van der Waals surface area contributed by atoms with Crippen LogP contribution in [0.5, 0.6) is 0 Å². The van der Waals surface area contributed by atoms with Crippen LogP contribution in [-0.4, -0.2) is 11.1 Å². The summed E-state index contributed by atoms with van der Waals surface area (Å²) in [5.41, 5.74) is 0. The highest BCUT2D eigenvalue weighted by atomic mass is 31.2. The third kappa shape index (κ3) is 5.51. The van der Waals surface area contributed by atoms with Gasteiger partial charge in [-0.15, -0.1) is 0 Å². The van der Waals surface area contributed by atoms with Gasteiger partial charge in [0.25, 0.3) is 0 Å². The fourth-order valence-corrected chi connectivity index (χ4v) is 9.23. The fourth-order valence-electron chi connectivity index (χ4n) is 4.56. The smallest absolute Gasteiger partial charge is 0.159 e. The van der Waals surface area contributed by atoms with Crippen LogP contribution < -0.4 is 15.9 Å². The van der Waals surface area contributed by atoms with E-state index in [0.29, 0.717) is 12.2 Å². The molecule has 0 bridgehead atoms. The van der Waals surface area contributed by atoms with Gasteiger partial charge in [-0.3, -0.25) is 4.79 Å². The van der Waals surface area contributed by atoms with Crippen LogP contribution in [0.2, 0.25) is 0 Å². The number of hydrogen-bond acceptors (Lipinski definition) is 1. The predicted molar refractivity (Wildman–Crippen MR) is 143 cm³/mol. The number of benzene rings is 3. The van der Waals surface area contributed by atoms with Gasteiger partial charge >= 0.3 is 0 Å². The summed E-state index contributed by atoms with van der Waals surface area (Å²) in [5.74, 6) is 0.374. The molecule has 3 aromatic carbocycles. The molecule has 0 spiro atoms. The molecular weight excluding hydrogens is 407 g/mol. The van der Waals surface area contributed by atoms with Crippen LogP contribution in [0.25, 0.3) is 0 Å². The SMILES string of the molecule is CCCCCCC(=O)C(CCCC)=P(c1ccccc1)(c1ccccc1)c1ccccc1. The Balaban J connectivity index is 2.35. The van der Waals surface area contributed by atoms with E-state index in [1.165, 1.54) is 28.8 Å². The maximum atomic E-state index is 14.0. The van der Waals surface area contributed by atoms with Crippen molar-refractivity contribution < 1.29 is 4.79 Å². The molecule has 0 aliphatic heterocycles. The van der Waals surface area contributed by atoms with Gasteiger partial charge in [-0.2, -0.15) is 0 Å². The van der Waals surface area contributed by atoms with Crippen molar-refractivity contribution >= 4 is 33.9 Å². The first kappa shape index (κ1) is 24.3. The zero-order chi connectivity index (χ0) is 22.7. The van der Waals surface area contributed by atoms with Crippen LogP contribution in [0.4, 0.5) is 0 Å². The van der Waals surface area contributed by atoms with Crippen molar-refractivity contribution in [2.75, 3.05) is 0 Å². The van der Waals surface area contributed by atoms with Crippen molar-refractivity contribution in [2.45, 2.75) is 65.2 Å². The molecule has 0 aromatic heterocycles. The summed E-state index contributed by atoms with van der Waals surface area (Å²) in [6.07, 6.45) is 8.18. The topological polar surface area (TPSA) is 17.1 Å². The molecule has 0 saturated carbocycles. The lowest BCUT2D eigenvalue weighted by Crippen LogP contribution is -2.33. The molecule has 0 aliphatic rings. The van der Waals surface area contributed by atoms with E-state index in [1.54, 1.807) is 0 Å². The van der Waals surface area contributed by atoms with Gasteiger partial charge in [0, 0.05) is 11.7 Å². The van der Waals surface area contributed by atoms with Crippen molar-refractivity contribution in [2.24, 2.45) is 0 Å². The number of hydrogen-bond donors (Lipinski definition) is 0. The first-order valence-corrected chi connectivity index (χ1v) is 14.0. The molecule has 0 fully saturated rings. The van der Waals surface area contributed by atoms with E-state index in [9.17, 15) is 4.79 Å². The second kappa shape index (κ2) is 12.6. The van der Waals surface area contributed by atoms with Crippen molar-refractivity contribution in [1.82, 2.24) is 0 Å². The highest BCUT2D eigenvalue weighted by molar-refractivity contribution is 7.96. The zero-order valence-corrected chi connectivity index (χ0v) is 20.6. The minimum Gasteiger partial charge on any atom is -0.294 e. The largest absolute Gasteiger partial charge is 0.294 e. The molecule has 0 aliphatic carbocycles. The van der Waals surface area contributed by atoms with Gasteiger partial charge in [-0.05, 0) is 42.1 Å². The molecule has 3 rings (SSSR count). The van der Waals surface area contributed by atoms with Crippen molar-refractivity contribution in [3.63, 3.8) is 0 Å². The average Bonchev–Trinajstić information content (AvgIpc) is 2.86. The first-order chi connectivity index (χ1) is 15.7. The molecule has 168 valence electrons. The Morgan fingerprint density at radius 1 is 0.562 bits per heavy atom. The first-order valence-electron chi connectivity index (χ1n) is 12.2. The number of Topliss-reactive ketones (excluding diaryl/α,β-unsaturated/α-hetero) is 1. The quantitative estimate of drug-likeness (QED) is 0.220. The Bertz CT molecular complexity index is 903. The van der Waals surface area contributed by atoms with Crippen molar-refractivity contribution in [1.29, 1.82) is 0 Å². The summed E-state index contributed by atoms with van der Waals surface area (Å²) in [6, 6.07) is 32.4. The lowest BCUT2D eigenvalue weighted by Gasteiger charge is -2.32.